The second kappa shape index (κ2) is 11.1. The van der Waals surface area contributed by atoms with E-state index in [2.05, 4.69) is 25.7 Å². The van der Waals surface area contributed by atoms with Gasteiger partial charge in [0.15, 0.2) is 5.82 Å². The van der Waals surface area contributed by atoms with Crippen LogP contribution in [0.2, 0.25) is 0 Å². The summed E-state index contributed by atoms with van der Waals surface area (Å²) < 4.78 is 11.9. The number of nitrogens with two attached hydrogens (primary N) is 1. The molecule has 3 aromatic rings. The van der Waals surface area contributed by atoms with Gasteiger partial charge in [-0.2, -0.15) is 5.10 Å². The van der Waals surface area contributed by atoms with Crippen molar-refractivity contribution in [2.24, 2.45) is 0 Å². The van der Waals surface area contributed by atoms with Gasteiger partial charge in [0.05, 0.1) is 25.8 Å². The van der Waals surface area contributed by atoms with Crippen molar-refractivity contribution in [1.82, 2.24) is 30.2 Å². The van der Waals surface area contributed by atoms with Crippen LogP contribution in [0.1, 0.15) is 37.7 Å². The molecular weight excluding hydrogens is 450 g/mol. The quantitative estimate of drug-likeness (QED) is 0.417. The average Bonchev–Trinajstić information content (AvgIpc) is 3.23. The number of ether oxygens (including phenoxy) is 2. The number of carbonyl (C=O) groups is 2. The summed E-state index contributed by atoms with van der Waals surface area (Å²) in [5.41, 5.74) is 9.12. The van der Waals surface area contributed by atoms with Crippen LogP contribution in [0.4, 0.5) is 5.82 Å². The molecule has 0 radical (unpaired) electrons. The van der Waals surface area contributed by atoms with E-state index in [0.717, 1.165) is 42.5 Å². The van der Waals surface area contributed by atoms with E-state index in [9.17, 15) is 9.59 Å². The van der Waals surface area contributed by atoms with E-state index >= 15 is 0 Å². The van der Waals surface area contributed by atoms with Gasteiger partial charge in [-0.25, -0.2) is 14.5 Å². The van der Waals surface area contributed by atoms with E-state index < -0.39 is 0 Å². The van der Waals surface area contributed by atoms with Gasteiger partial charge < -0.3 is 25.8 Å². The summed E-state index contributed by atoms with van der Waals surface area (Å²) in [7, 11) is 3.14. The molecule has 2 amide bonds. The molecule has 0 saturated heterocycles. The molecular formula is C24H31N7O4. The topological polar surface area (TPSA) is 146 Å². The SMILES string of the molecule is COCCC(=O)NC1CCC(NC(=O)Cc2cc(-c3ccnc(OC)c3)n3ncnc(N)c23)CC1. The highest BCUT2D eigenvalue weighted by atomic mass is 16.5. The predicted octanol–water partition coefficient (Wildman–Crippen LogP) is 1.50. The maximum Gasteiger partial charge on any atom is 0.224 e. The summed E-state index contributed by atoms with van der Waals surface area (Å²) in [5.74, 6) is 0.693. The Hall–Kier alpha value is -3.73. The minimum Gasteiger partial charge on any atom is -0.481 e. The van der Waals surface area contributed by atoms with Crippen molar-refractivity contribution in [2.75, 3.05) is 26.6 Å². The number of aromatic nitrogens is 4. The summed E-state index contributed by atoms with van der Waals surface area (Å²) in [6.07, 6.45) is 6.83. The van der Waals surface area contributed by atoms with Crippen molar-refractivity contribution in [3.8, 4) is 17.1 Å². The summed E-state index contributed by atoms with van der Waals surface area (Å²) in [6.45, 7) is 0.415. The molecule has 1 aliphatic rings. The monoisotopic (exact) mass is 481 g/mol. The highest BCUT2D eigenvalue weighted by Gasteiger charge is 2.24. The van der Waals surface area contributed by atoms with Gasteiger partial charge in [0, 0.05) is 43.4 Å². The van der Waals surface area contributed by atoms with Gasteiger partial charge in [-0.05, 0) is 43.4 Å². The number of carbonyl (C=O) groups excluding carboxylic acids is 2. The van der Waals surface area contributed by atoms with E-state index in [0.29, 0.717) is 30.2 Å². The molecule has 3 aromatic heterocycles. The molecule has 0 unspecified atom stereocenters. The van der Waals surface area contributed by atoms with Crippen molar-refractivity contribution in [2.45, 2.75) is 50.6 Å². The number of amides is 2. The van der Waals surface area contributed by atoms with Crippen LogP contribution in [0.5, 0.6) is 5.88 Å². The van der Waals surface area contributed by atoms with Crippen molar-refractivity contribution >= 4 is 23.1 Å². The van der Waals surface area contributed by atoms with Gasteiger partial charge in [-0.1, -0.05) is 0 Å². The molecule has 11 nitrogen and oxygen atoms in total. The van der Waals surface area contributed by atoms with Crippen LogP contribution in [0, 0.1) is 0 Å². The molecule has 11 heteroatoms. The van der Waals surface area contributed by atoms with Crippen LogP contribution in [0.15, 0.2) is 30.7 Å². The van der Waals surface area contributed by atoms with E-state index in [1.807, 2.05) is 12.1 Å². The van der Waals surface area contributed by atoms with Crippen molar-refractivity contribution in [3.05, 3.63) is 36.3 Å². The van der Waals surface area contributed by atoms with Gasteiger partial charge in [-0.15, -0.1) is 0 Å². The molecule has 3 heterocycles. The van der Waals surface area contributed by atoms with Gasteiger partial charge in [0.1, 0.15) is 11.8 Å². The molecule has 0 aliphatic heterocycles. The molecule has 1 fully saturated rings. The molecule has 1 saturated carbocycles. The molecule has 186 valence electrons. The number of methoxy groups -OCH3 is 2. The van der Waals surface area contributed by atoms with E-state index in [1.165, 1.54) is 6.33 Å². The zero-order valence-corrected chi connectivity index (χ0v) is 20.0. The summed E-state index contributed by atoms with van der Waals surface area (Å²) in [5, 5.41) is 10.5. The van der Waals surface area contributed by atoms with Crippen molar-refractivity contribution in [1.29, 1.82) is 0 Å². The Kier molecular flexibility index (Phi) is 7.76. The van der Waals surface area contributed by atoms with Gasteiger partial charge in [0.2, 0.25) is 17.7 Å². The molecule has 0 bridgehead atoms. The molecule has 35 heavy (non-hydrogen) atoms. The van der Waals surface area contributed by atoms with E-state index in [-0.39, 0.29) is 30.3 Å². The Bertz CT molecular complexity index is 1190. The van der Waals surface area contributed by atoms with E-state index in [4.69, 9.17) is 15.2 Å². The Balaban J connectivity index is 1.42. The highest BCUT2D eigenvalue weighted by molar-refractivity contribution is 5.86. The molecule has 4 rings (SSSR count). The maximum absolute atomic E-state index is 12.9. The summed E-state index contributed by atoms with van der Waals surface area (Å²) >= 11 is 0. The molecule has 4 N–H and O–H groups in total. The number of anilines is 1. The van der Waals surface area contributed by atoms with Crippen LogP contribution >= 0.6 is 0 Å². The Morgan fingerprint density at radius 3 is 2.49 bits per heavy atom. The second-order valence-corrected chi connectivity index (χ2v) is 8.65. The third kappa shape index (κ3) is 5.86. The first-order valence-electron chi connectivity index (χ1n) is 11.7. The van der Waals surface area contributed by atoms with Gasteiger partial charge in [-0.3, -0.25) is 9.59 Å². The number of nitrogens with zero attached hydrogens (tertiary/aromatic N) is 4. The number of nitrogens with one attached hydrogen (secondary N) is 2. The first-order chi connectivity index (χ1) is 17.0. The number of rotatable bonds is 9. The first kappa shape index (κ1) is 24.4. The van der Waals surface area contributed by atoms with Crippen molar-refractivity contribution < 1.29 is 19.1 Å². The Morgan fingerprint density at radius 2 is 1.80 bits per heavy atom. The Labute approximate surface area is 203 Å². The Morgan fingerprint density at radius 1 is 1.09 bits per heavy atom. The number of hydrogen-bond donors (Lipinski definition) is 3. The smallest absolute Gasteiger partial charge is 0.224 e. The molecule has 0 atom stereocenters. The van der Waals surface area contributed by atoms with Gasteiger partial charge in [0.25, 0.3) is 0 Å². The van der Waals surface area contributed by atoms with Crippen LogP contribution in [-0.2, 0) is 20.7 Å². The van der Waals surface area contributed by atoms with Crippen LogP contribution in [0.3, 0.4) is 0 Å². The molecule has 1 aliphatic carbocycles. The third-order valence-electron chi connectivity index (χ3n) is 6.24. The number of nitrogen functional groups attached to an aromatic ring is 1. The lowest BCUT2D eigenvalue weighted by atomic mass is 9.91. The van der Waals surface area contributed by atoms with Crippen LogP contribution in [-0.4, -0.2) is 64.3 Å². The predicted molar refractivity (Wildman–Crippen MR) is 130 cm³/mol. The lowest BCUT2D eigenvalue weighted by Gasteiger charge is -2.29. The minimum atomic E-state index is -0.0906. The fraction of sp³-hybridized carbons (Fsp3) is 0.458. The lowest BCUT2D eigenvalue weighted by Crippen LogP contribution is -2.44. The second-order valence-electron chi connectivity index (χ2n) is 8.65. The average molecular weight is 482 g/mol. The standard InChI is InChI=1S/C24H31N7O4/c1-34-10-8-20(32)29-17-3-5-18(6-4-17)30-21(33)12-16-11-19(15-7-9-26-22(13-15)35-2)31-23(16)24(25)27-14-28-31/h7,9,11,13-14,17-18H,3-6,8,10,12H2,1-2H3,(H,29,32)(H,30,33)(H2,25,27,28). The first-order valence-corrected chi connectivity index (χ1v) is 11.7. The van der Waals surface area contributed by atoms with E-state index in [1.54, 1.807) is 31.0 Å². The zero-order chi connectivity index (χ0) is 24.8. The lowest BCUT2D eigenvalue weighted by molar-refractivity contribution is -0.124. The van der Waals surface area contributed by atoms with Crippen LogP contribution < -0.4 is 21.1 Å². The number of fused-ring (bicyclic) bond motifs is 1. The third-order valence-corrected chi connectivity index (χ3v) is 6.24. The number of hydrogen-bond acceptors (Lipinski definition) is 8. The summed E-state index contributed by atoms with van der Waals surface area (Å²) in [6, 6.07) is 5.76. The normalized spacial score (nSPS) is 17.8. The summed E-state index contributed by atoms with van der Waals surface area (Å²) in [4.78, 5) is 33.1. The minimum absolute atomic E-state index is 0.00218. The largest absolute Gasteiger partial charge is 0.481 e. The van der Waals surface area contributed by atoms with Crippen LogP contribution in [0.25, 0.3) is 16.8 Å². The molecule has 0 spiro atoms. The fourth-order valence-electron chi connectivity index (χ4n) is 4.49. The fourth-order valence-corrected chi connectivity index (χ4v) is 4.49. The number of pyridine rings is 1. The van der Waals surface area contributed by atoms with Crippen molar-refractivity contribution in [3.63, 3.8) is 0 Å². The molecule has 0 aromatic carbocycles. The maximum atomic E-state index is 12.9. The van der Waals surface area contributed by atoms with Gasteiger partial charge >= 0.3 is 0 Å². The highest BCUT2D eigenvalue weighted by Crippen LogP contribution is 2.29. The zero-order valence-electron chi connectivity index (χ0n) is 20.0.